The van der Waals surface area contributed by atoms with Crippen LogP contribution in [0.1, 0.15) is 37.4 Å². The highest BCUT2D eigenvalue weighted by atomic mass is 35.5. The summed E-state index contributed by atoms with van der Waals surface area (Å²) < 4.78 is 0. The van der Waals surface area contributed by atoms with Crippen LogP contribution in [-0.2, 0) is 0 Å². The summed E-state index contributed by atoms with van der Waals surface area (Å²) in [7, 11) is 0. The molecule has 8 heteroatoms. The van der Waals surface area contributed by atoms with E-state index >= 15 is 0 Å². The normalized spacial score (nSPS) is 13.3. The Bertz CT molecular complexity index is 727. The largest absolute Gasteiger partial charge is 0.492 e. The number of anilines is 1. The Labute approximate surface area is 153 Å². The Morgan fingerprint density at radius 3 is 2.92 bits per heavy atom. The van der Waals surface area contributed by atoms with Gasteiger partial charge in [0.05, 0.1) is 0 Å². The summed E-state index contributed by atoms with van der Waals surface area (Å²) in [5.41, 5.74) is 2.42. The third-order valence-electron chi connectivity index (χ3n) is 3.51. The fourth-order valence-electron chi connectivity index (χ4n) is 2.34. The Kier molecular flexibility index (Phi) is 7.74. The molecule has 0 fully saturated rings. The quantitative estimate of drug-likeness (QED) is 0.665. The van der Waals surface area contributed by atoms with Gasteiger partial charge in [-0.25, -0.2) is 9.98 Å². The van der Waals surface area contributed by atoms with E-state index in [1.165, 1.54) is 12.8 Å². The molecular weight excluding hydrogens is 349 g/mol. The monoisotopic (exact) mass is 369 g/mol. The highest BCUT2D eigenvalue weighted by molar-refractivity contribution is 6.20. The molecule has 3 rings (SSSR count). The van der Waals surface area contributed by atoms with Gasteiger partial charge in [0.2, 0.25) is 11.8 Å². The van der Waals surface area contributed by atoms with Gasteiger partial charge in [0.15, 0.2) is 5.82 Å². The Morgan fingerprint density at radius 1 is 1.29 bits per heavy atom. The molecule has 2 aromatic rings. The predicted molar refractivity (Wildman–Crippen MR) is 103 cm³/mol. The maximum Gasteiger partial charge on any atom is 0.238 e. The summed E-state index contributed by atoms with van der Waals surface area (Å²) in [6, 6.07) is 3.83. The summed E-state index contributed by atoms with van der Waals surface area (Å²) in [4.78, 5) is 15.6. The second-order valence-electron chi connectivity index (χ2n) is 5.19. The number of hydrogen-bond donors (Lipinski definition) is 3. The third kappa shape index (κ3) is 4.49. The van der Waals surface area contributed by atoms with Gasteiger partial charge in [0, 0.05) is 30.1 Å². The van der Waals surface area contributed by atoms with Crippen molar-refractivity contribution in [2.45, 2.75) is 26.2 Å². The molecular formula is C16H21Cl2N5O. The molecule has 0 atom stereocenters. The second kappa shape index (κ2) is 9.30. The summed E-state index contributed by atoms with van der Waals surface area (Å²) in [5, 5.41) is 13.1. The number of aromatic nitrogens is 3. The number of H-pyrrole nitrogens is 1. The number of allylic oxidation sites excluding steroid dienone is 1. The maximum atomic E-state index is 9.96. The number of hydrogen-bond acceptors (Lipinski definition) is 5. The van der Waals surface area contributed by atoms with Gasteiger partial charge in [-0.2, -0.15) is 4.98 Å². The lowest BCUT2D eigenvalue weighted by Gasteiger charge is -2.00. The fraction of sp³-hybridized carbons (Fsp3) is 0.312. The summed E-state index contributed by atoms with van der Waals surface area (Å²) in [6.45, 7) is 3.00. The smallest absolute Gasteiger partial charge is 0.238 e. The summed E-state index contributed by atoms with van der Waals surface area (Å²) >= 11 is 0. The standard InChI is InChI=1S/C16H19N5O.2ClH/c1-2-3-4-7-18-16-20-13(15(22)21-16)9-11-10-19-14-12(11)6-5-8-17-14;;/h5-6,8-10,22H,2-4,7H2,1H3,(H2,18,20,21);2*1H/b11-9+;;. The predicted octanol–water partition coefficient (Wildman–Crippen LogP) is 4.21. The topological polar surface area (TPSA) is 86.2 Å². The summed E-state index contributed by atoms with van der Waals surface area (Å²) in [5.74, 6) is 1.27. The number of fused-ring (bicyclic) bond motifs is 1. The molecule has 0 amide bonds. The van der Waals surface area contributed by atoms with Crippen LogP contribution in [0.2, 0.25) is 0 Å². The molecule has 2 aromatic heterocycles. The first-order chi connectivity index (χ1) is 10.8. The van der Waals surface area contributed by atoms with E-state index in [1.54, 1.807) is 12.4 Å². The van der Waals surface area contributed by atoms with Crippen molar-refractivity contribution in [3.8, 4) is 5.88 Å². The van der Waals surface area contributed by atoms with Crippen LogP contribution in [0.25, 0.3) is 11.6 Å². The van der Waals surface area contributed by atoms with Gasteiger partial charge < -0.3 is 15.4 Å². The van der Waals surface area contributed by atoms with Crippen LogP contribution >= 0.6 is 24.8 Å². The average Bonchev–Trinajstić information content (AvgIpc) is 3.09. The SMILES string of the molecule is CCCCCNc1nc(O)c(/C=C2\C=Nc3ncccc32)[nH]1.Cl.Cl. The number of aliphatic imine (C=N–C) groups is 1. The van der Waals surface area contributed by atoms with E-state index in [1.807, 2.05) is 18.2 Å². The van der Waals surface area contributed by atoms with Gasteiger partial charge in [-0.1, -0.05) is 19.8 Å². The third-order valence-corrected chi connectivity index (χ3v) is 3.51. The lowest BCUT2D eigenvalue weighted by Crippen LogP contribution is -2.02. The minimum Gasteiger partial charge on any atom is -0.492 e. The molecule has 3 heterocycles. The maximum absolute atomic E-state index is 9.96. The number of aromatic hydroxyl groups is 1. The molecule has 0 saturated heterocycles. The molecule has 3 N–H and O–H groups in total. The molecule has 0 bridgehead atoms. The zero-order valence-corrected chi connectivity index (χ0v) is 15.0. The van der Waals surface area contributed by atoms with Crippen LogP contribution in [0.5, 0.6) is 5.88 Å². The molecule has 0 aliphatic carbocycles. The van der Waals surface area contributed by atoms with Gasteiger partial charge in [0.25, 0.3) is 0 Å². The van der Waals surface area contributed by atoms with Crippen molar-refractivity contribution in [3.05, 3.63) is 29.6 Å². The van der Waals surface area contributed by atoms with Crippen molar-refractivity contribution < 1.29 is 5.11 Å². The first-order valence-corrected chi connectivity index (χ1v) is 7.52. The number of halogens is 2. The molecule has 0 spiro atoms. The molecule has 130 valence electrons. The number of nitrogens with zero attached hydrogens (tertiary/aromatic N) is 3. The first kappa shape index (κ1) is 20.0. The van der Waals surface area contributed by atoms with E-state index in [0.717, 1.165) is 24.1 Å². The zero-order chi connectivity index (χ0) is 15.4. The van der Waals surface area contributed by atoms with Crippen LogP contribution in [0.15, 0.2) is 23.3 Å². The second-order valence-corrected chi connectivity index (χ2v) is 5.19. The van der Waals surface area contributed by atoms with Gasteiger partial charge in [-0.15, -0.1) is 24.8 Å². The fourth-order valence-corrected chi connectivity index (χ4v) is 2.34. The molecule has 0 aromatic carbocycles. The lowest BCUT2D eigenvalue weighted by molar-refractivity contribution is 0.455. The minimum atomic E-state index is -0.0174. The van der Waals surface area contributed by atoms with Gasteiger partial charge in [-0.3, -0.25) is 0 Å². The molecule has 1 aliphatic rings. The van der Waals surface area contributed by atoms with Gasteiger partial charge >= 0.3 is 0 Å². The first-order valence-electron chi connectivity index (χ1n) is 7.52. The van der Waals surface area contributed by atoms with Crippen LogP contribution < -0.4 is 5.32 Å². The van der Waals surface area contributed by atoms with Crippen molar-refractivity contribution >= 4 is 54.4 Å². The number of unbranched alkanes of at least 4 members (excludes halogenated alkanes) is 2. The number of rotatable bonds is 6. The van der Waals surface area contributed by atoms with E-state index in [2.05, 4.69) is 32.2 Å². The van der Waals surface area contributed by atoms with E-state index in [-0.39, 0.29) is 30.7 Å². The molecule has 0 unspecified atom stereocenters. The van der Waals surface area contributed by atoms with E-state index < -0.39 is 0 Å². The van der Waals surface area contributed by atoms with E-state index in [9.17, 15) is 5.11 Å². The number of aromatic amines is 1. The van der Waals surface area contributed by atoms with E-state index in [0.29, 0.717) is 17.5 Å². The molecule has 1 aliphatic heterocycles. The Hall–Kier alpha value is -2.05. The molecule has 24 heavy (non-hydrogen) atoms. The van der Waals surface area contributed by atoms with Crippen molar-refractivity contribution in [1.82, 2.24) is 15.0 Å². The van der Waals surface area contributed by atoms with Crippen LogP contribution in [0.4, 0.5) is 11.8 Å². The number of pyridine rings is 1. The van der Waals surface area contributed by atoms with Crippen LogP contribution in [-0.4, -0.2) is 32.8 Å². The number of imidazole rings is 1. The zero-order valence-electron chi connectivity index (χ0n) is 13.3. The Morgan fingerprint density at radius 2 is 2.12 bits per heavy atom. The molecule has 0 radical (unpaired) electrons. The van der Waals surface area contributed by atoms with Crippen LogP contribution in [0, 0.1) is 0 Å². The van der Waals surface area contributed by atoms with Crippen LogP contribution in [0.3, 0.4) is 0 Å². The Balaban J connectivity index is 0.00000144. The number of nitrogens with one attached hydrogen (secondary N) is 2. The van der Waals surface area contributed by atoms with E-state index in [4.69, 9.17) is 0 Å². The van der Waals surface area contributed by atoms with Crippen molar-refractivity contribution in [2.75, 3.05) is 11.9 Å². The van der Waals surface area contributed by atoms with Crippen molar-refractivity contribution in [2.24, 2.45) is 4.99 Å². The lowest BCUT2D eigenvalue weighted by atomic mass is 10.1. The van der Waals surface area contributed by atoms with Crippen molar-refractivity contribution in [3.63, 3.8) is 0 Å². The average molecular weight is 370 g/mol. The minimum absolute atomic E-state index is 0. The van der Waals surface area contributed by atoms with Gasteiger partial charge in [0.1, 0.15) is 5.69 Å². The highest BCUT2D eigenvalue weighted by Crippen LogP contribution is 2.31. The molecule has 0 saturated carbocycles. The molecule has 6 nitrogen and oxygen atoms in total. The van der Waals surface area contributed by atoms with Gasteiger partial charge in [-0.05, 0) is 24.6 Å². The van der Waals surface area contributed by atoms with Crippen molar-refractivity contribution in [1.29, 1.82) is 0 Å². The highest BCUT2D eigenvalue weighted by Gasteiger charge is 2.14. The summed E-state index contributed by atoms with van der Waals surface area (Å²) in [6.07, 6.45) is 8.72.